The third-order valence-electron chi connectivity index (χ3n) is 6.84. The van der Waals surface area contributed by atoms with Gasteiger partial charge in [-0.05, 0) is 54.4 Å². The molecule has 0 spiro atoms. The van der Waals surface area contributed by atoms with Crippen molar-refractivity contribution in [2.45, 2.75) is 30.8 Å². The van der Waals surface area contributed by atoms with Crippen molar-refractivity contribution < 1.29 is 18.0 Å². The van der Waals surface area contributed by atoms with Crippen LogP contribution in [0.15, 0.2) is 102 Å². The van der Waals surface area contributed by atoms with Crippen molar-refractivity contribution >= 4 is 62.3 Å². The number of rotatable bonds is 11. The molecule has 4 aromatic carbocycles. The van der Waals surface area contributed by atoms with Crippen molar-refractivity contribution in [2.24, 2.45) is 0 Å². The quantitative estimate of drug-likeness (QED) is 0.198. The van der Waals surface area contributed by atoms with E-state index in [0.29, 0.717) is 10.6 Å². The lowest BCUT2D eigenvalue weighted by atomic mass is 10.0. The first-order valence-corrected chi connectivity index (χ1v) is 15.9. The maximum absolute atomic E-state index is 14.3. The van der Waals surface area contributed by atoms with Gasteiger partial charge < -0.3 is 10.2 Å². The Kier molecular flexibility index (Phi) is 10.7. The van der Waals surface area contributed by atoms with Gasteiger partial charge in [-0.25, -0.2) is 8.42 Å². The Bertz CT molecular complexity index is 1680. The zero-order valence-electron chi connectivity index (χ0n) is 23.5. The molecule has 1 atom stereocenters. The van der Waals surface area contributed by atoms with Crippen molar-refractivity contribution in [3.8, 4) is 0 Å². The molecule has 7 nitrogen and oxygen atoms in total. The van der Waals surface area contributed by atoms with Gasteiger partial charge in [-0.15, -0.1) is 0 Å². The number of amides is 2. The highest BCUT2D eigenvalue weighted by Crippen LogP contribution is 2.30. The summed E-state index contributed by atoms with van der Waals surface area (Å²) in [5.74, 6) is -1.04. The average molecular weight is 659 g/mol. The molecule has 0 saturated heterocycles. The van der Waals surface area contributed by atoms with Crippen LogP contribution in [0.1, 0.15) is 16.7 Å². The molecule has 0 radical (unpaired) electrons. The molecular formula is C32H30Cl3N3O4S. The third-order valence-corrected chi connectivity index (χ3v) is 9.43. The molecule has 224 valence electrons. The number of nitrogens with one attached hydrogen (secondary N) is 1. The minimum Gasteiger partial charge on any atom is -0.357 e. The predicted octanol–water partition coefficient (Wildman–Crippen LogP) is 6.54. The van der Waals surface area contributed by atoms with Crippen molar-refractivity contribution in [1.29, 1.82) is 0 Å². The van der Waals surface area contributed by atoms with Gasteiger partial charge in [0.15, 0.2) is 0 Å². The number of anilines is 1. The summed E-state index contributed by atoms with van der Waals surface area (Å²) in [5.41, 5.74) is 2.38. The van der Waals surface area contributed by atoms with Gasteiger partial charge in [-0.1, -0.05) is 101 Å². The van der Waals surface area contributed by atoms with Crippen molar-refractivity contribution in [1.82, 2.24) is 10.2 Å². The van der Waals surface area contributed by atoms with E-state index in [4.69, 9.17) is 34.8 Å². The van der Waals surface area contributed by atoms with E-state index in [1.54, 1.807) is 36.4 Å². The molecule has 4 rings (SSSR count). The minimum atomic E-state index is -4.28. The number of hydrogen-bond donors (Lipinski definition) is 1. The van der Waals surface area contributed by atoms with Crippen molar-refractivity contribution in [2.75, 3.05) is 17.9 Å². The number of halogens is 3. The number of hydrogen-bond acceptors (Lipinski definition) is 4. The lowest BCUT2D eigenvalue weighted by molar-refractivity contribution is -0.139. The molecule has 0 aliphatic carbocycles. The molecule has 0 bridgehead atoms. The Labute approximate surface area is 267 Å². The van der Waals surface area contributed by atoms with E-state index in [-0.39, 0.29) is 33.6 Å². The Morgan fingerprint density at radius 2 is 1.44 bits per heavy atom. The van der Waals surface area contributed by atoms with E-state index in [0.717, 1.165) is 15.4 Å². The standard InChI is InChI=1S/C32H30Cl3N3O4S/c1-22-12-14-28(15-13-22)43(41,42)38(27-18-25(33)17-26(34)19-27)21-31(39)37(20-24-10-6-7-11-29(24)35)30(32(40)36-2)16-23-8-4-3-5-9-23/h3-15,17-19,30H,16,20-21H2,1-2H3,(H,36,40). The van der Waals surface area contributed by atoms with E-state index in [1.807, 2.05) is 37.3 Å². The summed E-state index contributed by atoms with van der Waals surface area (Å²) in [4.78, 5) is 29.0. The normalized spacial score (nSPS) is 11.9. The maximum Gasteiger partial charge on any atom is 0.264 e. The topological polar surface area (TPSA) is 86.8 Å². The number of aryl methyl sites for hydroxylation is 1. The van der Waals surface area contributed by atoms with Gasteiger partial charge in [0.05, 0.1) is 10.6 Å². The van der Waals surface area contributed by atoms with E-state index in [9.17, 15) is 18.0 Å². The fraction of sp³-hybridized carbons (Fsp3) is 0.188. The number of carbonyl (C=O) groups excluding carboxylic acids is 2. The van der Waals surface area contributed by atoms with Crippen LogP contribution in [-0.4, -0.2) is 44.8 Å². The fourth-order valence-corrected chi connectivity index (χ4v) is 6.69. The molecule has 0 aliphatic rings. The molecule has 11 heteroatoms. The molecule has 43 heavy (non-hydrogen) atoms. The van der Waals surface area contributed by atoms with Crippen LogP contribution in [0.5, 0.6) is 0 Å². The number of carbonyl (C=O) groups is 2. The first kappa shape index (κ1) is 32.4. The number of sulfonamides is 1. The highest BCUT2D eigenvalue weighted by atomic mass is 35.5. The third kappa shape index (κ3) is 8.09. The van der Waals surface area contributed by atoms with Gasteiger partial charge in [-0.2, -0.15) is 0 Å². The molecule has 1 N–H and O–H groups in total. The largest absolute Gasteiger partial charge is 0.357 e. The first-order valence-electron chi connectivity index (χ1n) is 13.3. The molecule has 1 unspecified atom stereocenters. The van der Waals surface area contributed by atoms with Crippen LogP contribution < -0.4 is 9.62 Å². The maximum atomic E-state index is 14.3. The van der Waals surface area contributed by atoms with Crippen LogP contribution in [0.2, 0.25) is 15.1 Å². The SMILES string of the molecule is CNC(=O)C(Cc1ccccc1)N(Cc1ccccc1Cl)C(=O)CN(c1cc(Cl)cc(Cl)c1)S(=O)(=O)c1ccc(C)cc1. The molecule has 0 fully saturated rings. The summed E-state index contributed by atoms with van der Waals surface area (Å²) in [5, 5.41) is 3.44. The lowest BCUT2D eigenvalue weighted by Gasteiger charge is -2.33. The molecule has 0 heterocycles. The summed E-state index contributed by atoms with van der Waals surface area (Å²) in [6.07, 6.45) is 0.185. The van der Waals surface area contributed by atoms with Crippen LogP contribution in [-0.2, 0) is 32.6 Å². The molecule has 0 saturated carbocycles. The van der Waals surface area contributed by atoms with Crippen molar-refractivity contribution in [3.63, 3.8) is 0 Å². The first-order chi connectivity index (χ1) is 20.5. The Morgan fingerprint density at radius 3 is 2.05 bits per heavy atom. The fourth-order valence-electron chi connectivity index (χ4n) is 4.58. The van der Waals surface area contributed by atoms with Crippen LogP contribution in [0.3, 0.4) is 0 Å². The summed E-state index contributed by atoms with van der Waals surface area (Å²) in [6.45, 7) is 1.16. The second-order valence-electron chi connectivity index (χ2n) is 9.89. The Hall–Kier alpha value is -3.56. The van der Waals surface area contributed by atoms with Gasteiger partial charge in [0.25, 0.3) is 10.0 Å². The molecular weight excluding hydrogens is 629 g/mol. The summed E-state index contributed by atoms with van der Waals surface area (Å²) >= 11 is 19.0. The summed E-state index contributed by atoms with van der Waals surface area (Å²) < 4.78 is 29.1. The number of nitrogens with zero attached hydrogens (tertiary/aromatic N) is 2. The van der Waals surface area contributed by atoms with Crippen LogP contribution in [0, 0.1) is 6.92 Å². The zero-order valence-corrected chi connectivity index (χ0v) is 26.6. The van der Waals surface area contributed by atoms with Crippen LogP contribution in [0.25, 0.3) is 0 Å². The summed E-state index contributed by atoms with van der Waals surface area (Å²) in [6, 6.07) is 25.8. The van der Waals surface area contributed by atoms with E-state index in [1.165, 1.54) is 42.3 Å². The van der Waals surface area contributed by atoms with Gasteiger partial charge in [0.1, 0.15) is 12.6 Å². The lowest BCUT2D eigenvalue weighted by Crippen LogP contribution is -2.53. The van der Waals surface area contributed by atoms with Crippen LogP contribution in [0.4, 0.5) is 5.69 Å². The van der Waals surface area contributed by atoms with Crippen molar-refractivity contribution in [3.05, 3.63) is 129 Å². The molecule has 0 aromatic heterocycles. The molecule has 2 amide bonds. The highest BCUT2D eigenvalue weighted by molar-refractivity contribution is 7.92. The van der Waals surface area contributed by atoms with E-state index in [2.05, 4.69) is 5.32 Å². The second-order valence-corrected chi connectivity index (χ2v) is 13.0. The smallest absolute Gasteiger partial charge is 0.264 e. The Morgan fingerprint density at radius 1 is 0.837 bits per heavy atom. The number of likely N-dealkylation sites (N-methyl/N-ethyl adjacent to an activating group) is 1. The van der Waals surface area contributed by atoms with Gasteiger partial charge >= 0.3 is 0 Å². The van der Waals surface area contributed by atoms with Gasteiger partial charge in [-0.3, -0.25) is 13.9 Å². The number of benzene rings is 4. The van der Waals surface area contributed by atoms with Gasteiger partial charge in [0, 0.05) is 35.1 Å². The molecule has 4 aromatic rings. The highest BCUT2D eigenvalue weighted by Gasteiger charge is 2.34. The second kappa shape index (κ2) is 14.3. The van der Waals surface area contributed by atoms with E-state index >= 15 is 0 Å². The van der Waals surface area contributed by atoms with Gasteiger partial charge in [0.2, 0.25) is 11.8 Å². The van der Waals surface area contributed by atoms with Crippen LogP contribution >= 0.6 is 34.8 Å². The molecule has 0 aliphatic heterocycles. The predicted molar refractivity (Wildman–Crippen MR) is 172 cm³/mol. The van der Waals surface area contributed by atoms with E-state index < -0.39 is 34.4 Å². The monoisotopic (exact) mass is 657 g/mol. The minimum absolute atomic E-state index is 0.0215. The zero-order chi connectivity index (χ0) is 31.1. The Balaban J connectivity index is 1.82. The average Bonchev–Trinajstić information content (AvgIpc) is 2.98. The summed E-state index contributed by atoms with van der Waals surface area (Å²) in [7, 11) is -2.80.